The topological polar surface area (TPSA) is 66.4 Å². The average Bonchev–Trinajstić information content (AvgIpc) is 3.53. The Kier molecular flexibility index (Phi) is 7.55. The summed E-state index contributed by atoms with van der Waals surface area (Å²) in [5.41, 5.74) is 2.32. The van der Waals surface area contributed by atoms with Crippen molar-refractivity contribution in [3.63, 3.8) is 0 Å². The molecule has 166 valence electrons. The normalized spacial score (nSPS) is 13.0. The van der Waals surface area contributed by atoms with Gasteiger partial charge in [-0.3, -0.25) is 14.5 Å². The maximum atomic E-state index is 13.1. The zero-order chi connectivity index (χ0) is 22.3. The van der Waals surface area contributed by atoms with Crippen LogP contribution in [0.4, 0.5) is 5.13 Å². The molecule has 1 aromatic heterocycles. The number of benzene rings is 2. The zero-order valence-electron chi connectivity index (χ0n) is 18.0. The standard InChI is InChI=1S/C24H26N4O2S2/c1-18(29)28(21-12-13-21)23-25-26-24(32-23)31-17-22(30)27(16-20-10-6-3-7-11-20)15-14-19-8-4-2-5-9-19/h2-11,21H,12-17H2,1H3. The number of hydrogen-bond donors (Lipinski definition) is 0. The quantitative estimate of drug-likeness (QED) is 0.327. The minimum Gasteiger partial charge on any atom is -0.337 e. The highest BCUT2D eigenvalue weighted by Gasteiger charge is 2.34. The van der Waals surface area contributed by atoms with Crippen LogP contribution in [0, 0.1) is 0 Å². The third kappa shape index (κ3) is 6.17. The number of anilines is 1. The first kappa shape index (κ1) is 22.5. The second kappa shape index (κ2) is 10.7. The van der Waals surface area contributed by atoms with Crippen molar-refractivity contribution in [1.29, 1.82) is 0 Å². The van der Waals surface area contributed by atoms with Gasteiger partial charge in [-0.05, 0) is 30.4 Å². The van der Waals surface area contributed by atoms with E-state index in [2.05, 4.69) is 22.3 Å². The number of hydrogen-bond acceptors (Lipinski definition) is 6. The number of amides is 2. The lowest BCUT2D eigenvalue weighted by Crippen LogP contribution is -2.33. The van der Waals surface area contributed by atoms with Gasteiger partial charge in [-0.15, -0.1) is 10.2 Å². The van der Waals surface area contributed by atoms with Crippen LogP contribution in [0.3, 0.4) is 0 Å². The Hall–Kier alpha value is -2.71. The predicted octanol–water partition coefficient (Wildman–Crippen LogP) is 4.42. The van der Waals surface area contributed by atoms with Gasteiger partial charge in [0.2, 0.25) is 16.9 Å². The molecule has 1 aliphatic carbocycles. The van der Waals surface area contributed by atoms with Crippen molar-refractivity contribution < 1.29 is 9.59 Å². The monoisotopic (exact) mass is 466 g/mol. The van der Waals surface area contributed by atoms with Crippen molar-refractivity contribution in [2.45, 2.75) is 43.1 Å². The highest BCUT2D eigenvalue weighted by Crippen LogP contribution is 2.35. The van der Waals surface area contributed by atoms with Crippen LogP contribution in [0.1, 0.15) is 30.9 Å². The number of carbonyl (C=O) groups excluding carboxylic acids is 2. The Balaban J connectivity index is 1.38. The van der Waals surface area contributed by atoms with Gasteiger partial charge in [-0.25, -0.2) is 0 Å². The maximum Gasteiger partial charge on any atom is 0.233 e. The summed E-state index contributed by atoms with van der Waals surface area (Å²) in [5.74, 6) is 0.350. The summed E-state index contributed by atoms with van der Waals surface area (Å²) < 4.78 is 0.711. The summed E-state index contributed by atoms with van der Waals surface area (Å²) in [6.45, 7) is 2.79. The van der Waals surface area contributed by atoms with Crippen molar-refractivity contribution >= 4 is 40.0 Å². The van der Waals surface area contributed by atoms with Crippen molar-refractivity contribution in [3.05, 3.63) is 71.8 Å². The molecule has 2 aromatic carbocycles. The van der Waals surface area contributed by atoms with E-state index < -0.39 is 0 Å². The Bertz CT molecular complexity index is 1040. The van der Waals surface area contributed by atoms with Gasteiger partial charge in [-0.2, -0.15) is 0 Å². The summed E-state index contributed by atoms with van der Waals surface area (Å²) in [7, 11) is 0. The fourth-order valence-corrected chi connectivity index (χ4v) is 5.32. The van der Waals surface area contributed by atoms with E-state index in [0.717, 1.165) is 24.8 Å². The van der Waals surface area contributed by atoms with Gasteiger partial charge < -0.3 is 4.90 Å². The molecule has 0 saturated heterocycles. The first-order valence-electron chi connectivity index (χ1n) is 10.7. The SMILES string of the molecule is CC(=O)N(c1nnc(SCC(=O)N(CCc2ccccc2)Cc2ccccc2)s1)C1CC1. The van der Waals surface area contributed by atoms with Gasteiger partial charge in [0, 0.05) is 26.1 Å². The molecule has 0 bridgehead atoms. The van der Waals surface area contributed by atoms with E-state index >= 15 is 0 Å². The molecule has 0 radical (unpaired) electrons. The van der Waals surface area contributed by atoms with E-state index in [0.29, 0.717) is 28.3 Å². The summed E-state index contributed by atoms with van der Waals surface area (Å²) in [6.07, 6.45) is 2.83. The van der Waals surface area contributed by atoms with Crippen LogP contribution in [-0.4, -0.2) is 45.3 Å². The highest BCUT2D eigenvalue weighted by molar-refractivity contribution is 8.01. The van der Waals surface area contributed by atoms with Gasteiger partial charge in [0.15, 0.2) is 4.34 Å². The van der Waals surface area contributed by atoms with E-state index in [-0.39, 0.29) is 17.9 Å². The molecule has 3 aromatic rings. The number of aromatic nitrogens is 2. The van der Waals surface area contributed by atoms with E-state index in [1.165, 1.54) is 28.7 Å². The molecule has 0 atom stereocenters. The van der Waals surface area contributed by atoms with Crippen LogP contribution in [0.25, 0.3) is 0 Å². The third-order valence-corrected chi connectivity index (χ3v) is 7.30. The third-order valence-electron chi connectivity index (χ3n) is 5.25. The van der Waals surface area contributed by atoms with E-state index in [1.807, 2.05) is 53.4 Å². The van der Waals surface area contributed by atoms with Gasteiger partial charge in [0.05, 0.1) is 5.75 Å². The van der Waals surface area contributed by atoms with E-state index in [9.17, 15) is 9.59 Å². The molecule has 4 rings (SSSR count). The van der Waals surface area contributed by atoms with Crippen molar-refractivity contribution in [2.75, 3.05) is 17.2 Å². The Morgan fingerprint density at radius 1 is 1.00 bits per heavy atom. The van der Waals surface area contributed by atoms with Crippen LogP contribution in [-0.2, 0) is 22.6 Å². The number of rotatable bonds is 10. The molecular weight excluding hydrogens is 440 g/mol. The summed E-state index contributed by atoms with van der Waals surface area (Å²) in [4.78, 5) is 28.7. The Morgan fingerprint density at radius 3 is 2.28 bits per heavy atom. The fourth-order valence-electron chi connectivity index (χ4n) is 3.46. The molecule has 2 amide bonds. The number of nitrogens with zero attached hydrogens (tertiary/aromatic N) is 4. The van der Waals surface area contributed by atoms with Crippen LogP contribution in [0.5, 0.6) is 0 Å². The molecule has 1 saturated carbocycles. The molecule has 1 fully saturated rings. The minimum atomic E-state index is -0.00813. The number of thioether (sulfide) groups is 1. The van der Waals surface area contributed by atoms with Crippen molar-refractivity contribution in [1.82, 2.24) is 15.1 Å². The van der Waals surface area contributed by atoms with Crippen molar-refractivity contribution in [2.24, 2.45) is 0 Å². The molecule has 0 unspecified atom stereocenters. The first-order chi connectivity index (χ1) is 15.6. The predicted molar refractivity (Wildman–Crippen MR) is 129 cm³/mol. The highest BCUT2D eigenvalue weighted by atomic mass is 32.2. The molecule has 0 N–H and O–H groups in total. The van der Waals surface area contributed by atoms with Crippen molar-refractivity contribution in [3.8, 4) is 0 Å². The van der Waals surface area contributed by atoms with Crippen LogP contribution >= 0.6 is 23.1 Å². The smallest absolute Gasteiger partial charge is 0.233 e. The van der Waals surface area contributed by atoms with Gasteiger partial charge in [0.1, 0.15) is 0 Å². The molecule has 1 aliphatic rings. The molecule has 6 nitrogen and oxygen atoms in total. The second-order valence-electron chi connectivity index (χ2n) is 7.80. The average molecular weight is 467 g/mol. The molecular formula is C24H26N4O2S2. The lowest BCUT2D eigenvalue weighted by Gasteiger charge is -2.23. The minimum absolute atomic E-state index is 0.00813. The van der Waals surface area contributed by atoms with E-state index in [4.69, 9.17) is 0 Å². The van der Waals surface area contributed by atoms with Gasteiger partial charge in [0.25, 0.3) is 0 Å². The summed E-state index contributed by atoms with van der Waals surface area (Å²) in [6, 6.07) is 20.5. The lowest BCUT2D eigenvalue weighted by atomic mass is 10.1. The van der Waals surface area contributed by atoms with E-state index in [1.54, 1.807) is 11.8 Å². The van der Waals surface area contributed by atoms with Crippen LogP contribution in [0.2, 0.25) is 0 Å². The molecule has 0 spiro atoms. The summed E-state index contributed by atoms with van der Waals surface area (Å²) >= 11 is 2.77. The first-order valence-corrected chi connectivity index (χ1v) is 12.5. The van der Waals surface area contributed by atoms with Crippen LogP contribution < -0.4 is 4.90 Å². The Labute approximate surface area is 196 Å². The number of carbonyl (C=O) groups is 2. The maximum absolute atomic E-state index is 13.1. The lowest BCUT2D eigenvalue weighted by molar-refractivity contribution is -0.129. The van der Waals surface area contributed by atoms with Gasteiger partial charge in [-0.1, -0.05) is 83.8 Å². The van der Waals surface area contributed by atoms with Gasteiger partial charge >= 0.3 is 0 Å². The molecule has 0 aliphatic heterocycles. The Morgan fingerprint density at radius 2 is 1.66 bits per heavy atom. The molecule has 1 heterocycles. The van der Waals surface area contributed by atoms with Crippen LogP contribution in [0.15, 0.2) is 65.0 Å². The fraction of sp³-hybridized carbons (Fsp3) is 0.333. The molecule has 8 heteroatoms. The second-order valence-corrected chi connectivity index (χ2v) is 9.97. The largest absolute Gasteiger partial charge is 0.337 e. The summed E-state index contributed by atoms with van der Waals surface area (Å²) in [5, 5.41) is 9.02. The zero-order valence-corrected chi connectivity index (χ0v) is 19.6. The molecule has 32 heavy (non-hydrogen) atoms.